The largest absolute Gasteiger partial charge is 0.508 e. The summed E-state index contributed by atoms with van der Waals surface area (Å²) >= 11 is 0. The van der Waals surface area contributed by atoms with E-state index in [1.54, 1.807) is 12.1 Å². The molecular formula is C29H30O. The van der Waals surface area contributed by atoms with E-state index >= 15 is 0 Å². The summed E-state index contributed by atoms with van der Waals surface area (Å²) in [5, 5.41) is 9.61. The van der Waals surface area contributed by atoms with Crippen LogP contribution in [0.3, 0.4) is 0 Å². The van der Waals surface area contributed by atoms with E-state index in [1.165, 1.54) is 27.8 Å². The zero-order valence-corrected chi connectivity index (χ0v) is 17.9. The lowest BCUT2D eigenvalue weighted by Gasteiger charge is -2.27. The minimum Gasteiger partial charge on any atom is -0.508 e. The van der Waals surface area contributed by atoms with Crippen molar-refractivity contribution >= 4 is 0 Å². The molecule has 1 N–H and O–H groups in total. The lowest BCUT2D eigenvalue weighted by atomic mass is 9.77. The molecule has 1 aliphatic rings. The molecule has 0 heterocycles. The summed E-state index contributed by atoms with van der Waals surface area (Å²) in [4.78, 5) is 0. The zero-order chi connectivity index (χ0) is 21.0. The van der Waals surface area contributed by atoms with Gasteiger partial charge in [-0.05, 0) is 59.2 Å². The first kappa shape index (κ1) is 20.2. The number of hydrogen-bond donors (Lipinski definition) is 1. The predicted octanol–water partition coefficient (Wildman–Crippen LogP) is 7.32. The number of hydrogen-bond acceptors (Lipinski definition) is 1. The van der Waals surface area contributed by atoms with Crippen LogP contribution in [-0.2, 0) is 11.8 Å². The number of rotatable bonds is 6. The number of benzene rings is 3. The Kier molecular flexibility index (Phi) is 5.90. The molecule has 1 nitrogen and oxygen atoms in total. The quantitative estimate of drug-likeness (QED) is 0.464. The van der Waals surface area contributed by atoms with Crippen molar-refractivity contribution in [3.8, 4) is 5.75 Å². The molecule has 1 atom stereocenters. The molecule has 0 bridgehead atoms. The van der Waals surface area contributed by atoms with Crippen molar-refractivity contribution in [3.63, 3.8) is 0 Å². The van der Waals surface area contributed by atoms with Crippen LogP contribution in [0.5, 0.6) is 5.75 Å². The molecule has 0 amide bonds. The molecule has 1 aliphatic carbocycles. The summed E-state index contributed by atoms with van der Waals surface area (Å²) in [5.41, 5.74) is 6.54. The van der Waals surface area contributed by atoms with Gasteiger partial charge in [-0.1, -0.05) is 98.8 Å². The average molecular weight is 395 g/mol. The highest BCUT2D eigenvalue weighted by molar-refractivity contribution is 5.42. The predicted molar refractivity (Wildman–Crippen MR) is 126 cm³/mol. The van der Waals surface area contributed by atoms with Gasteiger partial charge in [0.05, 0.1) is 0 Å². The summed E-state index contributed by atoms with van der Waals surface area (Å²) in [6.07, 6.45) is 10.3. The lowest BCUT2D eigenvalue weighted by molar-refractivity contribution is 0.474. The first-order valence-corrected chi connectivity index (χ1v) is 10.8. The van der Waals surface area contributed by atoms with Gasteiger partial charge in [0.2, 0.25) is 0 Å². The number of phenolic OH excluding ortho intramolecular Hbond substituents is 1. The van der Waals surface area contributed by atoms with Crippen molar-refractivity contribution in [1.29, 1.82) is 0 Å². The van der Waals surface area contributed by atoms with Crippen LogP contribution in [0.15, 0.2) is 103 Å². The summed E-state index contributed by atoms with van der Waals surface area (Å²) in [6, 6.07) is 27.5. The van der Waals surface area contributed by atoms with E-state index in [0.29, 0.717) is 11.7 Å². The molecule has 0 spiro atoms. The smallest absolute Gasteiger partial charge is 0.115 e. The van der Waals surface area contributed by atoms with Gasteiger partial charge in [-0.15, -0.1) is 0 Å². The minimum absolute atomic E-state index is 0.111. The number of phenols is 1. The monoisotopic (exact) mass is 394 g/mol. The second-order valence-electron chi connectivity index (χ2n) is 8.72. The molecule has 1 unspecified atom stereocenters. The molecule has 0 aromatic heterocycles. The van der Waals surface area contributed by atoms with Gasteiger partial charge in [-0.25, -0.2) is 0 Å². The summed E-state index contributed by atoms with van der Waals surface area (Å²) in [7, 11) is 0. The fraction of sp³-hybridized carbons (Fsp3) is 0.241. The van der Waals surface area contributed by atoms with E-state index in [1.807, 2.05) is 12.1 Å². The van der Waals surface area contributed by atoms with Crippen molar-refractivity contribution in [2.45, 2.75) is 44.4 Å². The highest BCUT2D eigenvalue weighted by Crippen LogP contribution is 2.35. The van der Waals surface area contributed by atoms with Crippen LogP contribution < -0.4 is 0 Å². The Balaban J connectivity index is 1.59. The van der Waals surface area contributed by atoms with Crippen molar-refractivity contribution < 1.29 is 5.11 Å². The Labute approximate surface area is 180 Å². The molecule has 152 valence electrons. The van der Waals surface area contributed by atoms with E-state index in [4.69, 9.17) is 0 Å². The highest BCUT2D eigenvalue weighted by Gasteiger charge is 2.23. The first-order chi connectivity index (χ1) is 14.5. The second kappa shape index (κ2) is 8.75. The second-order valence-corrected chi connectivity index (χ2v) is 8.72. The number of aromatic hydroxyl groups is 1. The normalized spacial score (nSPS) is 14.9. The third-order valence-corrected chi connectivity index (χ3v) is 6.33. The Morgan fingerprint density at radius 3 is 2.03 bits per heavy atom. The van der Waals surface area contributed by atoms with E-state index in [2.05, 4.69) is 86.7 Å². The molecular weight excluding hydrogens is 364 g/mol. The van der Waals surface area contributed by atoms with E-state index in [-0.39, 0.29) is 5.41 Å². The van der Waals surface area contributed by atoms with Crippen molar-refractivity contribution in [2.75, 3.05) is 0 Å². The topological polar surface area (TPSA) is 20.2 Å². The Hall–Kier alpha value is -3.06. The Morgan fingerprint density at radius 1 is 0.800 bits per heavy atom. The molecule has 0 fully saturated rings. The van der Waals surface area contributed by atoms with Crippen molar-refractivity contribution in [1.82, 2.24) is 0 Å². The molecule has 0 radical (unpaired) electrons. The molecule has 4 rings (SSSR count). The first-order valence-electron chi connectivity index (χ1n) is 10.8. The SMILES string of the molecule is CC(C)(c1ccc(O)cc1)c1ccc(CC(C2=CCCC=C2)c2ccccc2)cc1. The zero-order valence-electron chi connectivity index (χ0n) is 17.9. The fourth-order valence-corrected chi connectivity index (χ4v) is 4.34. The van der Waals surface area contributed by atoms with Crippen LogP contribution in [0.2, 0.25) is 0 Å². The fourth-order valence-electron chi connectivity index (χ4n) is 4.34. The standard InChI is InChI=1S/C29H30O/c1-29(2,26-17-19-27(30)20-18-26)25-15-13-22(14-16-25)21-28(23-9-5-3-6-10-23)24-11-7-4-8-12-24/h3,5-7,9-20,28,30H,4,8,21H2,1-2H3. The maximum absolute atomic E-state index is 9.61. The van der Waals surface area contributed by atoms with Crippen LogP contribution in [0.25, 0.3) is 0 Å². The van der Waals surface area contributed by atoms with Gasteiger partial charge >= 0.3 is 0 Å². The van der Waals surface area contributed by atoms with Crippen LogP contribution in [-0.4, -0.2) is 5.11 Å². The lowest BCUT2D eigenvalue weighted by Crippen LogP contribution is -2.18. The minimum atomic E-state index is -0.111. The summed E-state index contributed by atoms with van der Waals surface area (Å²) in [6.45, 7) is 4.47. The molecule has 0 saturated heterocycles. The van der Waals surface area contributed by atoms with Gasteiger partial charge in [0.15, 0.2) is 0 Å². The Bertz CT molecular complexity index is 1020. The molecule has 30 heavy (non-hydrogen) atoms. The Morgan fingerprint density at radius 2 is 1.43 bits per heavy atom. The van der Waals surface area contributed by atoms with Crippen LogP contribution in [0.4, 0.5) is 0 Å². The molecule has 3 aromatic rings. The third kappa shape index (κ3) is 4.41. The third-order valence-electron chi connectivity index (χ3n) is 6.33. The van der Waals surface area contributed by atoms with Gasteiger partial charge in [-0.3, -0.25) is 0 Å². The average Bonchev–Trinajstić information content (AvgIpc) is 2.79. The highest BCUT2D eigenvalue weighted by atomic mass is 16.3. The van der Waals surface area contributed by atoms with Crippen LogP contribution in [0, 0.1) is 0 Å². The molecule has 1 heteroatoms. The van der Waals surface area contributed by atoms with E-state index in [0.717, 1.165) is 19.3 Å². The van der Waals surface area contributed by atoms with E-state index < -0.39 is 0 Å². The maximum atomic E-state index is 9.61. The summed E-state index contributed by atoms with van der Waals surface area (Å²) in [5.74, 6) is 0.696. The van der Waals surface area contributed by atoms with Gasteiger partial charge in [0, 0.05) is 11.3 Å². The van der Waals surface area contributed by atoms with Gasteiger partial charge in [-0.2, -0.15) is 0 Å². The van der Waals surface area contributed by atoms with E-state index in [9.17, 15) is 5.11 Å². The van der Waals surface area contributed by atoms with Gasteiger partial charge in [0.1, 0.15) is 5.75 Å². The van der Waals surface area contributed by atoms with Crippen LogP contribution >= 0.6 is 0 Å². The number of allylic oxidation sites excluding steroid dienone is 4. The van der Waals surface area contributed by atoms with Crippen LogP contribution in [0.1, 0.15) is 54.9 Å². The van der Waals surface area contributed by atoms with Crippen molar-refractivity contribution in [3.05, 3.63) is 125 Å². The summed E-state index contributed by atoms with van der Waals surface area (Å²) < 4.78 is 0. The van der Waals surface area contributed by atoms with Gasteiger partial charge < -0.3 is 5.11 Å². The van der Waals surface area contributed by atoms with Crippen molar-refractivity contribution in [2.24, 2.45) is 0 Å². The molecule has 3 aromatic carbocycles. The van der Waals surface area contributed by atoms with Gasteiger partial charge in [0.25, 0.3) is 0 Å². The molecule has 0 saturated carbocycles. The molecule has 0 aliphatic heterocycles. The maximum Gasteiger partial charge on any atom is 0.115 e.